The molecule has 4 rings (SSSR count). The van der Waals surface area contributed by atoms with Crippen molar-refractivity contribution in [3.63, 3.8) is 0 Å². The minimum atomic E-state index is -0.110. The number of rotatable bonds is 6. The fraction of sp³-hybridized carbons (Fsp3) is 0.0909. The lowest BCUT2D eigenvalue weighted by Crippen LogP contribution is -2.33. The molecular weight excluding hydrogens is 336 g/mol. The van der Waals surface area contributed by atoms with Crippen LogP contribution in [-0.2, 0) is 13.1 Å². The van der Waals surface area contributed by atoms with Gasteiger partial charge in [-0.1, -0.05) is 60.7 Å². The van der Waals surface area contributed by atoms with Crippen LogP contribution in [0.2, 0.25) is 0 Å². The third-order valence-corrected chi connectivity index (χ3v) is 4.31. The highest BCUT2D eigenvalue weighted by atomic mass is 16.1. The molecule has 0 atom stereocenters. The van der Waals surface area contributed by atoms with Gasteiger partial charge in [0.05, 0.1) is 23.1 Å². The van der Waals surface area contributed by atoms with Crippen molar-refractivity contribution in [1.82, 2.24) is 15.0 Å². The number of nitrogens with zero attached hydrogens (tertiary/aromatic N) is 2. The minimum Gasteiger partial charge on any atom is -0.306 e. The monoisotopic (exact) mass is 356 g/mol. The molecule has 4 aromatic rings. The van der Waals surface area contributed by atoms with Crippen LogP contribution < -0.4 is 16.3 Å². The molecule has 0 radical (unpaired) electrons. The van der Waals surface area contributed by atoms with Crippen molar-refractivity contribution < 1.29 is 0 Å². The van der Waals surface area contributed by atoms with Gasteiger partial charge in [-0.05, 0) is 29.8 Å². The summed E-state index contributed by atoms with van der Waals surface area (Å²) in [6, 6.07) is 27.2. The van der Waals surface area contributed by atoms with Gasteiger partial charge in [-0.2, -0.15) is 0 Å². The van der Waals surface area contributed by atoms with Crippen molar-refractivity contribution in [1.29, 1.82) is 0 Å². The van der Waals surface area contributed by atoms with Crippen molar-refractivity contribution in [3.05, 3.63) is 107 Å². The number of hydrogen-bond donors (Lipinski definition) is 2. The zero-order chi connectivity index (χ0) is 18.5. The van der Waals surface area contributed by atoms with Gasteiger partial charge >= 0.3 is 0 Å². The number of hydrogen-bond acceptors (Lipinski definition) is 4. The Bertz CT molecular complexity index is 1090. The summed E-state index contributed by atoms with van der Waals surface area (Å²) in [7, 11) is 0. The molecule has 0 aliphatic carbocycles. The van der Waals surface area contributed by atoms with E-state index in [0.29, 0.717) is 29.8 Å². The van der Waals surface area contributed by atoms with E-state index in [2.05, 4.69) is 22.9 Å². The van der Waals surface area contributed by atoms with Crippen LogP contribution in [0.3, 0.4) is 0 Å². The predicted molar refractivity (Wildman–Crippen MR) is 108 cm³/mol. The van der Waals surface area contributed by atoms with Gasteiger partial charge in [0.2, 0.25) is 0 Å². The highest BCUT2D eigenvalue weighted by Gasteiger charge is 2.11. The van der Waals surface area contributed by atoms with Crippen molar-refractivity contribution in [3.8, 4) is 0 Å². The maximum Gasteiger partial charge on any atom is 0.280 e. The van der Waals surface area contributed by atoms with Gasteiger partial charge in [-0.25, -0.2) is 9.66 Å². The van der Waals surface area contributed by atoms with Crippen LogP contribution in [0.1, 0.15) is 11.4 Å². The molecule has 0 aliphatic heterocycles. The molecule has 5 heteroatoms. The van der Waals surface area contributed by atoms with E-state index < -0.39 is 0 Å². The van der Waals surface area contributed by atoms with Gasteiger partial charge < -0.3 is 5.32 Å². The van der Waals surface area contributed by atoms with Gasteiger partial charge in [-0.15, -0.1) is 0 Å². The average molecular weight is 356 g/mol. The Hall–Kier alpha value is -3.44. The number of fused-ring (bicyclic) bond motifs is 1. The molecule has 0 spiro atoms. The Balaban J connectivity index is 1.66. The first-order chi connectivity index (χ1) is 13.3. The molecule has 0 aliphatic rings. The molecule has 0 fully saturated rings. The summed E-state index contributed by atoms with van der Waals surface area (Å²) in [5, 5.41) is 3.96. The van der Waals surface area contributed by atoms with Crippen molar-refractivity contribution >= 4 is 16.6 Å². The van der Waals surface area contributed by atoms with E-state index in [1.807, 2.05) is 66.7 Å². The first kappa shape index (κ1) is 17.0. The zero-order valence-electron chi connectivity index (χ0n) is 14.8. The van der Waals surface area contributed by atoms with Gasteiger partial charge in [0.1, 0.15) is 5.82 Å². The van der Waals surface area contributed by atoms with Crippen LogP contribution in [0.5, 0.6) is 0 Å². The molecule has 27 heavy (non-hydrogen) atoms. The molecule has 0 saturated heterocycles. The fourth-order valence-electron chi connectivity index (χ4n) is 2.97. The molecule has 5 nitrogen and oxygen atoms in total. The van der Waals surface area contributed by atoms with Crippen molar-refractivity contribution in [2.75, 3.05) is 5.43 Å². The van der Waals surface area contributed by atoms with E-state index in [-0.39, 0.29) is 5.56 Å². The summed E-state index contributed by atoms with van der Waals surface area (Å²) in [6.45, 7) is 1.17. The second kappa shape index (κ2) is 7.85. The number of anilines is 1. The Labute approximate surface area is 157 Å². The molecular formula is C22H20N4O. The zero-order valence-corrected chi connectivity index (χ0v) is 14.8. The molecule has 2 N–H and O–H groups in total. The molecule has 1 heterocycles. The maximum atomic E-state index is 13.0. The first-order valence-electron chi connectivity index (χ1n) is 8.89. The molecule has 1 aromatic heterocycles. The summed E-state index contributed by atoms with van der Waals surface area (Å²) >= 11 is 0. The second-order valence-electron chi connectivity index (χ2n) is 6.25. The van der Waals surface area contributed by atoms with E-state index in [1.165, 1.54) is 10.2 Å². The highest BCUT2D eigenvalue weighted by Crippen LogP contribution is 2.10. The van der Waals surface area contributed by atoms with Crippen LogP contribution in [0, 0.1) is 0 Å². The third kappa shape index (κ3) is 3.88. The minimum absolute atomic E-state index is 0.110. The van der Waals surface area contributed by atoms with Crippen LogP contribution in [0.4, 0.5) is 5.69 Å². The topological polar surface area (TPSA) is 59.0 Å². The number of para-hydroxylation sites is 2. The molecule has 134 valence electrons. The summed E-state index contributed by atoms with van der Waals surface area (Å²) < 4.78 is 1.52. The van der Waals surface area contributed by atoms with E-state index in [1.54, 1.807) is 6.07 Å². The van der Waals surface area contributed by atoms with Crippen LogP contribution in [0.15, 0.2) is 89.7 Å². The lowest BCUT2D eigenvalue weighted by Gasteiger charge is -2.16. The third-order valence-electron chi connectivity index (χ3n) is 4.31. The Morgan fingerprint density at radius 3 is 2.22 bits per heavy atom. The predicted octanol–water partition coefficient (Wildman–Crippen LogP) is 3.56. The Kier molecular flexibility index (Phi) is 4.94. The van der Waals surface area contributed by atoms with Gasteiger partial charge in [0.25, 0.3) is 5.56 Å². The molecule has 0 bridgehead atoms. The van der Waals surface area contributed by atoms with Gasteiger partial charge in [-0.3, -0.25) is 10.2 Å². The quantitative estimate of drug-likeness (QED) is 0.555. The Morgan fingerprint density at radius 1 is 0.778 bits per heavy atom. The number of nitrogens with one attached hydrogen (secondary N) is 2. The highest BCUT2D eigenvalue weighted by molar-refractivity contribution is 5.77. The lowest BCUT2D eigenvalue weighted by atomic mass is 10.2. The van der Waals surface area contributed by atoms with E-state index in [9.17, 15) is 4.79 Å². The number of benzene rings is 3. The molecule has 3 aromatic carbocycles. The van der Waals surface area contributed by atoms with Gasteiger partial charge in [0.15, 0.2) is 0 Å². The second-order valence-corrected chi connectivity index (χ2v) is 6.25. The Morgan fingerprint density at radius 2 is 1.44 bits per heavy atom. The maximum absolute atomic E-state index is 13.0. The van der Waals surface area contributed by atoms with Crippen molar-refractivity contribution in [2.45, 2.75) is 13.1 Å². The normalized spacial score (nSPS) is 10.8. The summed E-state index contributed by atoms with van der Waals surface area (Å²) in [4.78, 5) is 17.7. The largest absolute Gasteiger partial charge is 0.306 e. The number of aromatic nitrogens is 2. The standard InChI is InChI=1S/C22H20N4O/c27-22-19-13-7-8-14-20(19)24-21(16-23-15-17-9-3-1-4-10-17)26(22)25-18-11-5-2-6-12-18/h1-14,23,25H,15-16H2. The van der Waals surface area contributed by atoms with Crippen molar-refractivity contribution in [2.24, 2.45) is 0 Å². The summed E-state index contributed by atoms with van der Waals surface area (Å²) in [6.07, 6.45) is 0. The summed E-state index contributed by atoms with van der Waals surface area (Å²) in [5.41, 5.74) is 5.79. The fourth-order valence-corrected chi connectivity index (χ4v) is 2.97. The molecule has 0 unspecified atom stereocenters. The summed E-state index contributed by atoms with van der Waals surface area (Å²) in [5.74, 6) is 0.637. The van der Waals surface area contributed by atoms with Crippen LogP contribution in [-0.4, -0.2) is 9.66 Å². The van der Waals surface area contributed by atoms with Crippen LogP contribution in [0.25, 0.3) is 10.9 Å². The first-order valence-corrected chi connectivity index (χ1v) is 8.89. The lowest BCUT2D eigenvalue weighted by molar-refractivity contribution is 0.631. The average Bonchev–Trinajstić information content (AvgIpc) is 2.72. The molecule has 0 saturated carbocycles. The van der Waals surface area contributed by atoms with E-state index in [0.717, 1.165) is 5.69 Å². The van der Waals surface area contributed by atoms with Gasteiger partial charge in [0, 0.05) is 6.54 Å². The van der Waals surface area contributed by atoms with E-state index in [4.69, 9.17) is 4.98 Å². The van der Waals surface area contributed by atoms with Crippen LogP contribution >= 0.6 is 0 Å². The molecule has 0 amide bonds. The smallest absolute Gasteiger partial charge is 0.280 e. The SMILES string of the molecule is O=c1c2ccccc2nc(CNCc2ccccc2)n1Nc1ccccc1. The van der Waals surface area contributed by atoms with E-state index >= 15 is 0 Å².